The second-order valence-electron chi connectivity index (χ2n) is 3.98. The van der Waals surface area contributed by atoms with E-state index < -0.39 is 0 Å². The normalized spacial score (nSPS) is 13.4. The van der Waals surface area contributed by atoms with Crippen molar-refractivity contribution in [3.63, 3.8) is 0 Å². The molecule has 15 heavy (non-hydrogen) atoms. The highest BCUT2D eigenvalue weighted by molar-refractivity contribution is 7.15. The highest BCUT2D eigenvalue weighted by Gasteiger charge is 2.19. The molecule has 2 aromatic rings. The van der Waals surface area contributed by atoms with Gasteiger partial charge in [-0.2, -0.15) is 0 Å². The van der Waals surface area contributed by atoms with Gasteiger partial charge in [0.2, 0.25) is 0 Å². The number of rotatable bonds is 0. The molecule has 2 N–H and O–H groups in total. The number of aryl methyl sites for hydroxylation is 3. The minimum Gasteiger partial charge on any atom is -0.375 e. The average molecular weight is 216 g/mol. The third kappa shape index (κ3) is 1.35. The fraction of sp³-hybridized carbons (Fsp3) is 0.250. The van der Waals surface area contributed by atoms with Crippen molar-refractivity contribution in [2.75, 3.05) is 5.73 Å². The first-order valence-corrected chi connectivity index (χ1v) is 5.91. The summed E-state index contributed by atoms with van der Waals surface area (Å²) in [6, 6.07) is 6.57. The molecule has 0 saturated carbocycles. The number of fused-ring (bicyclic) bond motifs is 3. The number of aromatic nitrogens is 1. The summed E-state index contributed by atoms with van der Waals surface area (Å²) in [5.41, 5.74) is 10.9. The molecular formula is C12H12N2S. The maximum absolute atomic E-state index is 5.75. The number of benzene rings is 1. The van der Waals surface area contributed by atoms with Crippen molar-refractivity contribution in [2.45, 2.75) is 19.8 Å². The van der Waals surface area contributed by atoms with Gasteiger partial charge in [0.15, 0.2) is 5.13 Å². The van der Waals surface area contributed by atoms with Crippen molar-refractivity contribution in [1.82, 2.24) is 4.98 Å². The Balaban J connectivity index is 2.25. The molecule has 1 heterocycles. The summed E-state index contributed by atoms with van der Waals surface area (Å²) in [6.45, 7) is 2.13. The van der Waals surface area contributed by atoms with E-state index in [0.717, 1.165) is 18.5 Å². The van der Waals surface area contributed by atoms with Crippen LogP contribution in [0.5, 0.6) is 0 Å². The van der Waals surface area contributed by atoms with E-state index in [1.54, 1.807) is 11.3 Å². The van der Waals surface area contributed by atoms with Crippen LogP contribution in [-0.4, -0.2) is 4.98 Å². The number of nitrogens with zero attached hydrogens (tertiary/aromatic N) is 1. The summed E-state index contributed by atoms with van der Waals surface area (Å²) in [4.78, 5) is 5.76. The number of nitrogens with two attached hydrogens (primary N) is 1. The van der Waals surface area contributed by atoms with Gasteiger partial charge >= 0.3 is 0 Å². The summed E-state index contributed by atoms with van der Waals surface area (Å²) < 4.78 is 0. The third-order valence-electron chi connectivity index (χ3n) is 2.85. The lowest BCUT2D eigenvalue weighted by atomic mass is 9.92. The van der Waals surface area contributed by atoms with Gasteiger partial charge in [-0.3, -0.25) is 0 Å². The molecule has 1 aromatic carbocycles. The number of nitrogen functional groups attached to an aromatic ring is 1. The van der Waals surface area contributed by atoms with Gasteiger partial charge in [0.25, 0.3) is 0 Å². The van der Waals surface area contributed by atoms with Gasteiger partial charge < -0.3 is 5.73 Å². The van der Waals surface area contributed by atoms with Crippen molar-refractivity contribution >= 4 is 16.5 Å². The molecule has 0 atom stereocenters. The predicted octanol–water partition coefficient (Wildman–Crippen LogP) is 2.80. The third-order valence-corrected chi connectivity index (χ3v) is 3.80. The first kappa shape index (κ1) is 8.92. The molecule has 1 aliphatic carbocycles. The van der Waals surface area contributed by atoms with Crippen LogP contribution in [0.1, 0.15) is 16.0 Å². The van der Waals surface area contributed by atoms with Crippen molar-refractivity contribution in [2.24, 2.45) is 0 Å². The Hall–Kier alpha value is -1.35. The maximum Gasteiger partial charge on any atom is 0.180 e. The highest BCUT2D eigenvalue weighted by atomic mass is 32.1. The number of hydrogen-bond acceptors (Lipinski definition) is 3. The Morgan fingerprint density at radius 2 is 2.20 bits per heavy atom. The van der Waals surface area contributed by atoms with Crippen LogP contribution in [0.3, 0.4) is 0 Å². The van der Waals surface area contributed by atoms with Gasteiger partial charge in [0.1, 0.15) is 0 Å². The van der Waals surface area contributed by atoms with Crippen molar-refractivity contribution in [1.29, 1.82) is 0 Å². The minimum absolute atomic E-state index is 0.688. The molecule has 0 amide bonds. The molecule has 0 spiro atoms. The molecule has 0 radical (unpaired) electrons. The topological polar surface area (TPSA) is 38.9 Å². The molecule has 0 unspecified atom stereocenters. The van der Waals surface area contributed by atoms with E-state index in [4.69, 9.17) is 5.73 Å². The predicted molar refractivity (Wildman–Crippen MR) is 64.1 cm³/mol. The first-order chi connectivity index (χ1) is 7.24. The summed E-state index contributed by atoms with van der Waals surface area (Å²) >= 11 is 1.62. The summed E-state index contributed by atoms with van der Waals surface area (Å²) in [7, 11) is 0. The van der Waals surface area contributed by atoms with Crippen LogP contribution in [0.2, 0.25) is 0 Å². The maximum atomic E-state index is 5.75. The van der Waals surface area contributed by atoms with E-state index in [2.05, 4.69) is 30.1 Å². The monoisotopic (exact) mass is 216 g/mol. The molecule has 0 fully saturated rings. The standard InChI is InChI=1S/C12H12N2S/c1-7-2-4-9-8(6-7)3-5-10-11(9)14-12(13)15-10/h2,4,6H,3,5H2,1H3,(H2,13,14). The first-order valence-electron chi connectivity index (χ1n) is 5.09. The van der Waals surface area contributed by atoms with Gasteiger partial charge in [0.05, 0.1) is 5.69 Å². The van der Waals surface area contributed by atoms with Crippen LogP contribution in [-0.2, 0) is 12.8 Å². The van der Waals surface area contributed by atoms with E-state index in [1.807, 2.05) is 0 Å². The van der Waals surface area contributed by atoms with Gasteiger partial charge in [-0.15, -0.1) is 11.3 Å². The van der Waals surface area contributed by atoms with Gasteiger partial charge in [-0.1, -0.05) is 23.8 Å². The quantitative estimate of drug-likeness (QED) is 0.735. The zero-order chi connectivity index (χ0) is 10.4. The minimum atomic E-state index is 0.688. The van der Waals surface area contributed by atoms with E-state index in [9.17, 15) is 0 Å². The van der Waals surface area contributed by atoms with E-state index >= 15 is 0 Å². The smallest absolute Gasteiger partial charge is 0.180 e. The van der Waals surface area contributed by atoms with Crippen LogP contribution in [0.15, 0.2) is 18.2 Å². The molecular weight excluding hydrogens is 204 g/mol. The second kappa shape index (κ2) is 3.07. The molecule has 0 saturated heterocycles. The highest BCUT2D eigenvalue weighted by Crippen LogP contribution is 2.37. The average Bonchev–Trinajstić information content (AvgIpc) is 2.58. The molecule has 1 aromatic heterocycles. The Morgan fingerprint density at radius 1 is 1.33 bits per heavy atom. The fourth-order valence-corrected chi connectivity index (χ4v) is 3.00. The summed E-state index contributed by atoms with van der Waals surface area (Å²) in [6.07, 6.45) is 2.20. The van der Waals surface area contributed by atoms with E-state index in [-0.39, 0.29) is 0 Å². The largest absolute Gasteiger partial charge is 0.375 e. The van der Waals surface area contributed by atoms with Crippen LogP contribution < -0.4 is 5.73 Å². The Labute approximate surface area is 92.8 Å². The lowest BCUT2D eigenvalue weighted by Gasteiger charge is -2.15. The SMILES string of the molecule is Cc1ccc2c(c1)CCc1sc(N)nc1-2. The van der Waals surface area contributed by atoms with Crippen molar-refractivity contribution < 1.29 is 0 Å². The molecule has 76 valence electrons. The second-order valence-corrected chi connectivity index (χ2v) is 5.10. The molecule has 3 rings (SSSR count). The fourth-order valence-electron chi connectivity index (χ4n) is 2.16. The number of hydrogen-bond donors (Lipinski definition) is 1. The Morgan fingerprint density at radius 3 is 3.07 bits per heavy atom. The lowest BCUT2D eigenvalue weighted by molar-refractivity contribution is 0.953. The molecule has 0 bridgehead atoms. The molecule has 2 nitrogen and oxygen atoms in total. The molecule has 0 aliphatic heterocycles. The Bertz CT molecular complexity index is 528. The van der Waals surface area contributed by atoms with Crippen LogP contribution in [0.4, 0.5) is 5.13 Å². The van der Waals surface area contributed by atoms with Crippen LogP contribution in [0.25, 0.3) is 11.3 Å². The Kier molecular flexibility index (Phi) is 1.83. The van der Waals surface area contributed by atoms with Gasteiger partial charge in [-0.05, 0) is 25.3 Å². The number of thiazole rings is 1. The van der Waals surface area contributed by atoms with Crippen LogP contribution in [0, 0.1) is 6.92 Å². The van der Waals surface area contributed by atoms with Crippen molar-refractivity contribution in [3.05, 3.63) is 34.2 Å². The zero-order valence-corrected chi connectivity index (χ0v) is 9.40. The van der Waals surface area contributed by atoms with Gasteiger partial charge in [-0.25, -0.2) is 4.98 Å². The number of anilines is 1. The van der Waals surface area contributed by atoms with E-state index in [1.165, 1.54) is 21.6 Å². The van der Waals surface area contributed by atoms with Crippen molar-refractivity contribution in [3.8, 4) is 11.3 Å². The van der Waals surface area contributed by atoms with Crippen LogP contribution >= 0.6 is 11.3 Å². The van der Waals surface area contributed by atoms with E-state index in [0.29, 0.717) is 5.13 Å². The summed E-state index contributed by atoms with van der Waals surface area (Å²) in [5, 5.41) is 0.688. The summed E-state index contributed by atoms with van der Waals surface area (Å²) in [5.74, 6) is 0. The molecule has 3 heteroatoms. The lowest BCUT2D eigenvalue weighted by Crippen LogP contribution is -2.02. The zero-order valence-electron chi connectivity index (χ0n) is 8.58. The molecule has 1 aliphatic rings. The van der Waals surface area contributed by atoms with Gasteiger partial charge in [0, 0.05) is 10.4 Å².